The maximum Gasteiger partial charge on any atom is 0.283 e. The highest BCUT2D eigenvalue weighted by Gasteiger charge is 2.36. The SMILES string of the molecule is COc1cccc(OCCOc2ccc(/C=C3/C(=N)N4N=C(C(C)C)SC4=NC3=O)cc2)c1. The van der Waals surface area contributed by atoms with Gasteiger partial charge in [0.2, 0.25) is 5.17 Å². The normalized spacial score (nSPS) is 16.6. The molecule has 1 amide bonds. The summed E-state index contributed by atoms with van der Waals surface area (Å²) in [5.41, 5.74) is 0.968. The number of benzene rings is 2. The number of methoxy groups -OCH3 is 1. The van der Waals surface area contributed by atoms with E-state index in [1.807, 2.05) is 62.4 Å². The van der Waals surface area contributed by atoms with Gasteiger partial charge in [0, 0.05) is 12.0 Å². The Labute approximate surface area is 196 Å². The number of ether oxygens (including phenoxy) is 3. The second-order valence-electron chi connectivity index (χ2n) is 7.56. The third kappa shape index (κ3) is 5.25. The standard InChI is InChI=1S/C24H24N4O4S/c1-15(2)23-27-28-21(25)20(22(29)26-24(28)33-23)13-16-7-9-17(10-8-16)31-11-12-32-19-6-4-5-18(14-19)30-3/h4-10,13-15,25H,11-12H2,1-3H3/b20-13-,25-21?. The molecule has 0 saturated heterocycles. The fraction of sp³-hybridized carbons (Fsp3) is 0.250. The first-order valence-electron chi connectivity index (χ1n) is 10.4. The van der Waals surface area contributed by atoms with Crippen molar-refractivity contribution in [2.24, 2.45) is 16.0 Å². The zero-order valence-electron chi connectivity index (χ0n) is 18.6. The molecule has 2 aromatic carbocycles. The highest BCUT2D eigenvalue weighted by atomic mass is 32.2. The van der Waals surface area contributed by atoms with Gasteiger partial charge in [-0.2, -0.15) is 15.1 Å². The van der Waals surface area contributed by atoms with Crippen LogP contribution in [0.15, 0.2) is 64.2 Å². The molecule has 0 radical (unpaired) electrons. The lowest BCUT2D eigenvalue weighted by Crippen LogP contribution is -2.35. The number of amidine groups is 2. The van der Waals surface area contributed by atoms with E-state index < -0.39 is 5.91 Å². The Balaban J connectivity index is 1.35. The van der Waals surface area contributed by atoms with Gasteiger partial charge in [-0.3, -0.25) is 10.2 Å². The molecule has 9 heteroatoms. The number of hydrogen-bond donors (Lipinski definition) is 1. The second-order valence-corrected chi connectivity index (χ2v) is 8.55. The molecular weight excluding hydrogens is 440 g/mol. The number of hydrogen-bond acceptors (Lipinski definition) is 7. The maximum atomic E-state index is 12.5. The van der Waals surface area contributed by atoms with Gasteiger partial charge >= 0.3 is 0 Å². The lowest BCUT2D eigenvalue weighted by molar-refractivity contribution is -0.114. The highest BCUT2D eigenvalue weighted by molar-refractivity contribution is 8.27. The first-order valence-corrected chi connectivity index (χ1v) is 11.3. The highest BCUT2D eigenvalue weighted by Crippen LogP contribution is 2.31. The predicted octanol–water partition coefficient (Wildman–Crippen LogP) is 4.43. The fourth-order valence-corrected chi connectivity index (χ4v) is 3.97. The van der Waals surface area contributed by atoms with Gasteiger partial charge in [0.1, 0.15) is 35.5 Å². The van der Waals surface area contributed by atoms with Crippen LogP contribution in [0.25, 0.3) is 6.08 Å². The minimum absolute atomic E-state index is 0.0307. The molecule has 33 heavy (non-hydrogen) atoms. The molecule has 2 aromatic rings. The lowest BCUT2D eigenvalue weighted by Gasteiger charge is -2.20. The fourth-order valence-electron chi connectivity index (χ4n) is 3.08. The summed E-state index contributed by atoms with van der Waals surface area (Å²) in [4.78, 5) is 16.6. The van der Waals surface area contributed by atoms with Crippen molar-refractivity contribution < 1.29 is 19.0 Å². The zero-order chi connectivity index (χ0) is 23.4. The van der Waals surface area contributed by atoms with E-state index >= 15 is 0 Å². The number of nitrogens with zero attached hydrogens (tertiary/aromatic N) is 3. The molecule has 0 spiro atoms. The molecule has 4 rings (SSSR count). The van der Waals surface area contributed by atoms with Crippen molar-refractivity contribution in [1.82, 2.24) is 5.01 Å². The number of aliphatic imine (C=N–C) groups is 1. The number of thioether (sulfide) groups is 1. The quantitative estimate of drug-likeness (QED) is 0.459. The Morgan fingerprint density at radius 2 is 1.76 bits per heavy atom. The first kappa shape index (κ1) is 22.6. The summed E-state index contributed by atoms with van der Waals surface area (Å²) in [6.07, 6.45) is 1.65. The smallest absolute Gasteiger partial charge is 0.283 e. The summed E-state index contributed by atoms with van der Waals surface area (Å²) < 4.78 is 16.6. The van der Waals surface area contributed by atoms with Crippen molar-refractivity contribution in [3.05, 3.63) is 59.7 Å². The molecule has 0 fully saturated rings. The van der Waals surface area contributed by atoms with Crippen LogP contribution in [-0.2, 0) is 4.79 Å². The predicted molar refractivity (Wildman–Crippen MR) is 130 cm³/mol. The number of carbonyl (C=O) groups excluding carboxylic acids is 1. The summed E-state index contributed by atoms with van der Waals surface area (Å²) in [5.74, 6) is 1.93. The molecule has 0 aromatic heterocycles. The van der Waals surface area contributed by atoms with Gasteiger partial charge in [0.05, 0.1) is 12.7 Å². The molecule has 2 aliphatic rings. The van der Waals surface area contributed by atoms with Crippen LogP contribution in [0.5, 0.6) is 17.2 Å². The molecule has 0 aliphatic carbocycles. The van der Waals surface area contributed by atoms with Crippen molar-refractivity contribution >= 4 is 39.8 Å². The molecule has 8 nitrogen and oxygen atoms in total. The van der Waals surface area contributed by atoms with E-state index in [0.29, 0.717) is 29.9 Å². The van der Waals surface area contributed by atoms with Gasteiger partial charge in [-0.25, -0.2) is 0 Å². The third-order valence-electron chi connectivity index (χ3n) is 4.82. The average molecular weight is 465 g/mol. The minimum atomic E-state index is -0.436. The molecular formula is C24H24N4O4S. The van der Waals surface area contributed by atoms with E-state index in [9.17, 15) is 4.79 Å². The maximum absolute atomic E-state index is 12.5. The van der Waals surface area contributed by atoms with Gasteiger partial charge in [0.15, 0.2) is 5.84 Å². The van der Waals surface area contributed by atoms with Gasteiger partial charge in [-0.1, -0.05) is 32.0 Å². The van der Waals surface area contributed by atoms with E-state index in [-0.39, 0.29) is 17.3 Å². The summed E-state index contributed by atoms with van der Waals surface area (Å²) in [6, 6.07) is 14.7. The third-order valence-corrected chi connectivity index (χ3v) is 6.03. The number of rotatable bonds is 8. The summed E-state index contributed by atoms with van der Waals surface area (Å²) in [6.45, 7) is 4.79. The van der Waals surface area contributed by atoms with Gasteiger partial charge < -0.3 is 14.2 Å². The largest absolute Gasteiger partial charge is 0.497 e. The van der Waals surface area contributed by atoms with Crippen molar-refractivity contribution in [2.75, 3.05) is 20.3 Å². The van der Waals surface area contributed by atoms with Crippen LogP contribution < -0.4 is 14.2 Å². The van der Waals surface area contributed by atoms with Gasteiger partial charge in [0.25, 0.3) is 5.91 Å². The summed E-state index contributed by atoms with van der Waals surface area (Å²) in [7, 11) is 1.61. The van der Waals surface area contributed by atoms with E-state index in [1.165, 1.54) is 16.8 Å². The van der Waals surface area contributed by atoms with Crippen molar-refractivity contribution in [3.63, 3.8) is 0 Å². The van der Waals surface area contributed by atoms with Crippen LogP contribution in [0.1, 0.15) is 19.4 Å². The van der Waals surface area contributed by atoms with Crippen LogP contribution >= 0.6 is 11.8 Å². The Kier molecular flexibility index (Phi) is 6.79. The van der Waals surface area contributed by atoms with Crippen LogP contribution in [0.4, 0.5) is 0 Å². The zero-order valence-corrected chi connectivity index (χ0v) is 19.4. The molecule has 0 bridgehead atoms. The molecule has 0 unspecified atom stereocenters. The van der Waals surface area contributed by atoms with E-state index in [2.05, 4.69) is 10.1 Å². The van der Waals surface area contributed by atoms with Crippen molar-refractivity contribution in [3.8, 4) is 17.2 Å². The molecule has 170 valence electrons. The monoisotopic (exact) mass is 464 g/mol. The number of fused-ring (bicyclic) bond motifs is 1. The Bertz CT molecular complexity index is 1160. The van der Waals surface area contributed by atoms with E-state index in [0.717, 1.165) is 16.4 Å². The number of carbonyl (C=O) groups is 1. The summed E-state index contributed by atoms with van der Waals surface area (Å²) >= 11 is 1.33. The van der Waals surface area contributed by atoms with Crippen LogP contribution in [-0.4, -0.2) is 47.3 Å². The van der Waals surface area contributed by atoms with Gasteiger partial charge in [-0.15, -0.1) is 0 Å². The molecule has 0 atom stereocenters. The lowest BCUT2D eigenvalue weighted by atomic mass is 10.1. The van der Waals surface area contributed by atoms with Crippen molar-refractivity contribution in [2.45, 2.75) is 13.8 Å². The van der Waals surface area contributed by atoms with E-state index in [4.69, 9.17) is 19.6 Å². The Morgan fingerprint density at radius 1 is 1.06 bits per heavy atom. The second kappa shape index (κ2) is 9.91. The minimum Gasteiger partial charge on any atom is -0.497 e. The van der Waals surface area contributed by atoms with E-state index in [1.54, 1.807) is 13.2 Å². The molecule has 2 heterocycles. The Hall–Kier alpha value is -3.59. The number of amides is 1. The van der Waals surface area contributed by atoms with Crippen LogP contribution in [0, 0.1) is 11.3 Å². The molecule has 0 saturated carbocycles. The van der Waals surface area contributed by atoms with Crippen molar-refractivity contribution in [1.29, 1.82) is 5.41 Å². The average Bonchev–Trinajstić information content (AvgIpc) is 3.25. The summed E-state index contributed by atoms with van der Waals surface area (Å²) in [5, 5.41) is 15.6. The topological polar surface area (TPSA) is 96.6 Å². The van der Waals surface area contributed by atoms with Crippen LogP contribution in [0.2, 0.25) is 0 Å². The molecule has 2 aliphatic heterocycles. The molecule has 1 N–H and O–H groups in total. The van der Waals surface area contributed by atoms with Gasteiger partial charge in [-0.05, 0) is 47.7 Å². The number of nitrogens with one attached hydrogen (secondary N) is 1. The number of hydrazone groups is 1. The Morgan fingerprint density at radius 3 is 2.45 bits per heavy atom. The van der Waals surface area contributed by atoms with Crippen LogP contribution in [0.3, 0.4) is 0 Å². The first-order chi connectivity index (χ1) is 15.9.